The number of hydrogen-bond acceptors (Lipinski definition) is 4. The van der Waals surface area contributed by atoms with Gasteiger partial charge in [0, 0.05) is 39.3 Å². The Bertz CT molecular complexity index is 243. The van der Waals surface area contributed by atoms with Crippen molar-refractivity contribution in [3.8, 4) is 0 Å². The van der Waals surface area contributed by atoms with Crippen molar-refractivity contribution < 1.29 is 4.74 Å². The third-order valence-electron chi connectivity index (χ3n) is 4.16. The van der Waals surface area contributed by atoms with E-state index in [-0.39, 0.29) is 0 Å². The first kappa shape index (κ1) is 24.3. The molecule has 5 heteroatoms. The topological polar surface area (TPSA) is 27.7 Å². The highest BCUT2D eigenvalue weighted by atomic mass is 31.1. The van der Waals surface area contributed by atoms with E-state index < -0.39 is 0 Å². The molecule has 0 radical (unpaired) electrons. The van der Waals surface area contributed by atoms with Crippen molar-refractivity contribution in [2.24, 2.45) is 5.92 Å². The van der Waals surface area contributed by atoms with Gasteiger partial charge in [0.25, 0.3) is 0 Å². The Morgan fingerprint density at radius 1 is 1.04 bits per heavy atom. The summed E-state index contributed by atoms with van der Waals surface area (Å²) in [6.45, 7) is 18.9. The summed E-state index contributed by atoms with van der Waals surface area (Å²) in [4.78, 5) is 4.83. The highest BCUT2D eigenvalue weighted by Gasteiger charge is 2.07. The van der Waals surface area contributed by atoms with Crippen LogP contribution in [0.3, 0.4) is 0 Å². The predicted octanol–water partition coefficient (Wildman–Crippen LogP) is 2.98. The normalized spacial score (nSPS) is 19.8. The highest BCUT2D eigenvalue weighted by molar-refractivity contribution is 7.36. The van der Waals surface area contributed by atoms with Crippen LogP contribution in [0.4, 0.5) is 0 Å². The third-order valence-corrected chi connectivity index (χ3v) is 5.38. The second-order valence-corrected chi connectivity index (χ2v) is 8.22. The van der Waals surface area contributed by atoms with E-state index in [2.05, 4.69) is 42.7 Å². The maximum absolute atomic E-state index is 5.27. The van der Waals surface area contributed by atoms with E-state index in [9.17, 15) is 0 Å². The molecule has 24 heavy (non-hydrogen) atoms. The van der Waals surface area contributed by atoms with Crippen LogP contribution in [0.5, 0.6) is 0 Å². The van der Waals surface area contributed by atoms with E-state index in [0.717, 1.165) is 47.3 Å². The zero-order chi connectivity index (χ0) is 18.0. The van der Waals surface area contributed by atoms with Gasteiger partial charge in [-0.05, 0) is 58.6 Å². The van der Waals surface area contributed by atoms with Crippen LogP contribution in [-0.2, 0) is 4.74 Å². The molecule has 1 N–H and O–H groups in total. The minimum Gasteiger partial charge on any atom is -0.380 e. The van der Waals surface area contributed by atoms with Gasteiger partial charge in [0.2, 0.25) is 0 Å². The molecule has 4 nitrogen and oxygen atoms in total. The van der Waals surface area contributed by atoms with E-state index in [0.29, 0.717) is 0 Å². The molecule has 2 rings (SSSR count). The number of piperidine rings is 1. The molecule has 0 bridgehead atoms. The molecule has 2 aliphatic rings. The van der Waals surface area contributed by atoms with Gasteiger partial charge in [-0.1, -0.05) is 20.3 Å². The minimum atomic E-state index is 0.839. The van der Waals surface area contributed by atoms with E-state index in [4.69, 9.17) is 4.74 Å². The molecule has 0 aromatic carbocycles. The van der Waals surface area contributed by atoms with Crippen molar-refractivity contribution in [1.82, 2.24) is 15.1 Å². The standard InChI is InChI=1S/C8H18N2O.C6H13N.C5H13P/c1-2-11-8-7-10-5-3-9-4-6-10;1-7-5-3-2-4-6-7;1-5(2)4-6-3/h9H,2-8H2,1H3;2-6H2,1H3;5-6H,4H2,1-3H3. The molecule has 2 fully saturated rings. The highest BCUT2D eigenvalue weighted by Crippen LogP contribution is 2.07. The quantitative estimate of drug-likeness (QED) is 0.581. The van der Waals surface area contributed by atoms with Crippen molar-refractivity contribution in [1.29, 1.82) is 0 Å². The number of hydrogen-bond donors (Lipinski definition) is 1. The Morgan fingerprint density at radius 3 is 2.04 bits per heavy atom. The van der Waals surface area contributed by atoms with Gasteiger partial charge in [-0.15, -0.1) is 8.58 Å². The zero-order valence-electron chi connectivity index (χ0n) is 17.1. The largest absolute Gasteiger partial charge is 0.380 e. The molecule has 1 unspecified atom stereocenters. The van der Waals surface area contributed by atoms with Gasteiger partial charge in [0.1, 0.15) is 0 Å². The molecule has 0 saturated carbocycles. The van der Waals surface area contributed by atoms with Crippen molar-refractivity contribution >= 4 is 8.58 Å². The fourth-order valence-electron chi connectivity index (χ4n) is 2.73. The molecular weight excluding hydrogens is 317 g/mol. The lowest BCUT2D eigenvalue weighted by molar-refractivity contribution is 0.108. The van der Waals surface area contributed by atoms with E-state index >= 15 is 0 Å². The Kier molecular flexibility index (Phi) is 18.3. The number of ether oxygens (including phenoxy) is 1. The number of nitrogens with zero attached hydrogens (tertiary/aromatic N) is 2. The van der Waals surface area contributed by atoms with Crippen LogP contribution >= 0.6 is 8.58 Å². The lowest BCUT2D eigenvalue weighted by Gasteiger charge is -2.26. The lowest BCUT2D eigenvalue weighted by Crippen LogP contribution is -2.44. The van der Waals surface area contributed by atoms with Crippen LogP contribution in [0.15, 0.2) is 0 Å². The Hall–Kier alpha value is 0.270. The smallest absolute Gasteiger partial charge is 0.0593 e. The van der Waals surface area contributed by atoms with Crippen LogP contribution in [0.1, 0.15) is 40.0 Å². The zero-order valence-corrected chi connectivity index (χ0v) is 18.1. The number of likely N-dealkylation sites (tertiary alicyclic amines) is 1. The summed E-state index contributed by atoms with van der Waals surface area (Å²) < 4.78 is 5.27. The van der Waals surface area contributed by atoms with E-state index in [1.807, 2.05) is 6.92 Å². The fourth-order valence-corrected chi connectivity index (χ4v) is 3.55. The van der Waals surface area contributed by atoms with Crippen molar-refractivity contribution in [2.45, 2.75) is 40.0 Å². The summed E-state index contributed by atoms with van der Waals surface area (Å²) in [6.07, 6.45) is 5.68. The summed E-state index contributed by atoms with van der Waals surface area (Å²) >= 11 is 0. The molecule has 1 atom stereocenters. The summed E-state index contributed by atoms with van der Waals surface area (Å²) in [7, 11) is 3.33. The SMILES string of the molecule is CCOCCN1CCNCC1.CN1CCCCC1.CPCC(C)C. The number of piperazine rings is 1. The van der Waals surface area contributed by atoms with Gasteiger partial charge in [-0.2, -0.15) is 0 Å². The summed E-state index contributed by atoms with van der Waals surface area (Å²) in [5.41, 5.74) is 0. The van der Waals surface area contributed by atoms with Crippen LogP contribution in [0.2, 0.25) is 0 Å². The van der Waals surface area contributed by atoms with Crippen molar-refractivity contribution in [3.05, 3.63) is 0 Å². The van der Waals surface area contributed by atoms with Crippen LogP contribution < -0.4 is 5.32 Å². The average molecular weight is 362 g/mol. The summed E-state index contributed by atoms with van der Waals surface area (Å²) in [5.74, 6) is 0.910. The molecule has 2 heterocycles. The van der Waals surface area contributed by atoms with Gasteiger partial charge >= 0.3 is 0 Å². The first-order chi connectivity index (χ1) is 11.6. The van der Waals surface area contributed by atoms with E-state index in [1.54, 1.807) is 0 Å². The average Bonchev–Trinajstić information content (AvgIpc) is 2.58. The predicted molar refractivity (Wildman–Crippen MR) is 111 cm³/mol. The van der Waals surface area contributed by atoms with Gasteiger partial charge in [-0.25, -0.2) is 0 Å². The maximum Gasteiger partial charge on any atom is 0.0593 e. The lowest BCUT2D eigenvalue weighted by atomic mass is 10.1. The molecule has 146 valence electrons. The van der Waals surface area contributed by atoms with Gasteiger partial charge < -0.3 is 15.0 Å². The third kappa shape index (κ3) is 17.1. The Balaban J connectivity index is 0.000000353. The van der Waals surface area contributed by atoms with Gasteiger partial charge in [0.15, 0.2) is 0 Å². The molecular formula is C19H44N3OP. The monoisotopic (exact) mass is 361 g/mol. The summed E-state index contributed by atoms with van der Waals surface area (Å²) in [6, 6.07) is 0. The second kappa shape index (κ2) is 18.1. The minimum absolute atomic E-state index is 0.839. The van der Waals surface area contributed by atoms with Crippen LogP contribution in [-0.4, -0.2) is 88.7 Å². The van der Waals surface area contributed by atoms with Gasteiger partial charge in [0.05, 0.1) is 6.61 Å². The molecule has 2 saturated heterocycles. The fraction of sp³-hybridized carbons (Fsp3) is 1.00. The van der Waals surface area contributed by atoms with Crippen LogP contribution in [0, 0.1) is 5.92 Å². The molecule has 0 spiro atoms. The first-order valence-corrected chi connectivity index (χ1v) is 11.6. The van der Waals surface area contributed by atoms with Crippen LogP contribution in [0.25, 0.3) is 0 Å². The van der Waals surface area contributed by atoms with Crippen molar-refractivity contribution in [3.63, 3.8) is 0 Å². The Morgan fingerprint density at radius 2 is 1.67 bits per heavy atom. The number of nitrogens with one attached hydrogen (secondary N) is 1. The molecule has 0 aromatic heterocycles. The summed E-state index contributed by atoms with van der Waals surface area (Å²) in [5, 5.41) is 3.32. The second-order valence-electron chi connectivity index (χ2n) is 7.10. The molecule has 0 aromatic rings. The van der Waals surface area contributed by atoms with E-state index in [1.165, 1.54) is 51.6 Å². The molecule has 0 amide bonds. The Labute approximate surface area is 153 Å². The number of rotatable bonds is 6. The maximum atomic E-state index is 5.27. The van der Waals surface area contributed by atoms with Gasteiger partial charge in [-0.3, -0.25) is 4.90 Å². The first-order valence-electron chi connectivity index (χ1n) is 9.94. The molecule has 2 aliphatic heterocycles. The van der Waals surface area contributed by atoms with Crippen molar-refractivity contribution in [2.75, 3.05) is 78.9 Å². The molecule has 0 aliphatic carbocycles.